The van der Waals surface area contributed by atoms with Crippen molar-refractivity contribution in [2.75, 3.05) is 20.3 Å². The number of carbonyl (C=O) groups excluding carboxylic acids is 2. The Labute approximate surface area is 172 Å². The van der Waals surface area contributed by atoms with Crippen molar-refractivity contribution in [1.82, 2.24) is 5.32 Å². The van der Waals surface area contributed by atoms with Crippen molar-refractivity contribution in [2.45, 2.75) is 64.6 Å². The Kier molecular flexibility index (Phi) is 10.6. The van der Waals surface area contributed by atoms with Gasteiger partial charge < -0.3 is 29.4 Å². The Bertz CT molecular complexity index is 613. The van der Waals surface area contributed by atoms with Gasteiger partial charge in [-0.05, 0) is 39.7 Å². The average molecular weight is 411 g/mol. The van der Waals surface area contributed by atoms with Gasteiger partial charge in [0.15, 0.2) is 6.04 Å². The van der Waals surface area contributed by atoms with Crippen molar-refractivity contribution in [3.63, 3.8) is 0 Å². The fraction of sp³-hybridized carbons (Fsp3) is 0.619. The Hall–Kier alpha value is -2.16. The van der Waals surface area contributed by atoms with Crippen LogP contribution in [-0.4, -0.2) is 61.3 Å². The Morgan fingerprint density at radius 1 is 1.17 bits per heavy atom. The van der Waals surface area contributed by atoms with Gasteiger partial charge in [-0.1, -0.05) is 30.3 Å². The lowest BCUT2D eigenvalue weighted by molar-refractivity contribution is -0.145. The number of methoxy groups -OCH3 is 1. The number of alkyl carbamates (subject to hydrolysis) is 1. The summed E-state index contributed by atoms with van der Waals surface area (Å²) in [6, 6.07) is 8.66. The van der Waals surface area contributed by atoms with Crippen LogP contribution in [0.5, 0.6) is 0 Å². The highest BCUT2D eigenvalue weighted by atomic mass is 16.6. The highest BCUT2D eigenvalue weighted by Gasteiger charge is 2.25. The third-order valence-electron chi connectivity index (χ3n) is 3.85. The number of aliphatic hydroxyl groups excluding tert-OH is 1. The number of rotatable bonds is 11. The van der Waals surface area contributed by atoms with Crippen LogP contribution in [0.1, 0.15) is 39.7 Å². The van der Waals surface area contributed by atoms with Gasteiger partial charge in [-0.15, -0.1) is 0 Å². The molecular weight excluding hydrogens is 378 g/mol. The molecule has 164 valence electrons. The van der Waals surface area contributed by atoms with E-state index in [2.05, 4.69) is 5.32 Å². The average Bonchev–Trinajstić information content (AvgIpc) is 2.64. The standard InChI is InChI=1S/C21H33NO7/c1-15(23)18(28-13-16-9-7-6-8-10-16)11-12-27-14-17(19(24)26-5)22-20(25)29-21(2,3)4/h6-10,15,17-18,23H,11-14H2,1-5H3,(H,22,25)/t15-,17-,18+/m0/s1. The number of ether oxygens (including phenoxy) is 4. The van der Waals surface area contributed by atoms with E-state index < -0.39 is 35.9 Å². The lowest BCUT2D eigenvalue weighted by atomic mass is 10.1. The topological polar surface area (TPSA) is 103 Å². The van der Waals surface area contributed by atoms with Gasteiger partial charge in [0, 0.05) is 6.61 Å². The summed E-state index contributed by atoms with van der Waals surface area (Å²) in [6.07, 6.45) is -1.42. The summed E-state index contributed by atoms with van der Waals surface area (Å²) in [5, 5.41) is 12.4. The molecule has 0 aromatic heterocycles. The molecule has 0 bridgehead atoms. The van der Waals surface area contributed by atoms with Crippen LogP contribution < -0.4 is 5.32 Å². The molecule has 1 aromatic rings. The van der Waals surface area contributed by atoms with Gasteiger partial charge in [-0.25, -0.2) is 9.59 Å². The summed E-state index contributed by atoms with van der Waals surface area (Å²) in [5.41, 5.74) is 0.318. The third kappa shape index (κ3) is 10.8. The van der Waals surface area contributed by atoms with Crippen LogP contribution in [0.25, 0.3) is 0 Å². The number of hydrogen-bond donors (Lipinski definition) is 2. The summed E-state index contributed by atoms with van der Waals surface area (Å²) in [5.74, 6) is -0.636. The van der Waals surface area contributed by atoms with E-state index >= 15 is 0 Å². The molecule has 1 aromatic carbocycles. The molecule has 0 aliphatic carbocycles. The van der Waals surface area contributed by atoms with Crippen molar-refractivity contribution < 1.29 is 33.6 Å². The third-order valence-corrected chi connectivity index (χ3v) is 3.85. The molecule has 8 heteroatoms. The maximum absolute atomic E-state index is 11.9. The van der Waals surface area contributed by atoms with E-state index in [-0.39, 0.29) is 13.2 Å². The molecule has 0 fully saturated rings. The van der Waals surface area contributed by atoms with Crippen molar-refractivity contribution in [1.29, 1.82) is 0 Å². The minimum absolute atomic E-state index is 0.0862. The van der Waals surface area contributed by atoms with Crippen LogP contribution in [0.15, 0.2) is 30.3 Å². The summed E-state index contributed by atoms with van der Waals surface area (Å²) >= 11 is 0. The minimum Gasteiger partial charge on any atom is -0.467 e. The van der Waals surface area contributed by atoms with Gasteiger partial charge in [0.05, 0.1) is 32.5 Å². The van der Waals surface area contributed by atoms with Gasteiger partial charge >= 0.3 is 12.1 Å². The number of nitrogens with one attached hydrogen (secondary N) is 1. The van der Waals surface area contributed by atoms with Crippen molar-refractivity contribution in [2.24, 2.45) is 0 Å². The number of aliphatic hydroxyl groups is 1. The number of carbonyl (C=O) groups is 2. The van der Waals surface area contributed by atoms with Crippen LogP contribution in [0, 0.1) is 0 Å². The first-order valence-corrected chi connectivity index (χ1v) is 9.61. The second kappa shape index (κ2) is 12.4. The fourth-order valence-corrected chi connectivity index (χ4v) is 2.40. The van der Waals surface area contributed by atoms with Crippen molar-refractivity contribution in [3.8, 4) is 0 Å². The number of esters is 1. The first-order valence-electron chi connectivity index (χ1n) is 9.61. The normalized spacial score (nSPS) is 14.6. The van der Waals surface area contributed by atoms with Gasteiger partial charge in [-0.2, -0.15) is 0 Å². The summed E-state index contributed by atoms with van der Waals surface area (Å²) in [4.78, 5) is 23.8. The lowest BCUT2D eigenvalue weighted by Crippen LogP contribution is -2.46. The highest BCUT2D eigenvalue weighted by molar-refractivity contribution is 5.81. The van der Waals surface area contributed by atoms with Crippen LogP contribution in [-0.2, 0) is 30.3 Å². The van der Waals surface area contributed by atoms with E-state index in [1.165, 1.54) is 7.11 Å². The van der Waals surface area contributed by atoms with E-state index in [1.807, 2.05) is 30.3 Å². The molecule has 1 amide bonds. The minimum atomic E-state index is -0.995. The van der Waals surface area contributed by atoms with Crippen LogP contribution in [0.2, 0.25) is 0 Å². The zero-order valence-corrected chi connectivity index (χ0v) is 17.8. The van der Waals surface area contributed by atoms with E-state index in [0.717, 1.165) is 5.56 Å². The number of amides is 1. The van der Waals surface area contributed by atoms with Gasteiger partial charge in [-0.3, -0.25) is 0 Å². The number of hydrogen-bond acceptors (Lipinski definition) is 7. The first-order chi connectivity index (χ1) is 13.6. The van der Waals surface area contributed by atoms with Gasteiger partial charge in [0.1, 0.15) is 5.60 Å². The predicted molar refractivity (Wildman–Crippen MR) is 107 cm³/mol. The maximum atomic E-state index is 11.9. The molecule has 0 radical (unpaired) electrons. The zero-order valence-electron chi connectivity index (χ0n) is 17.8. The SMILES string of the molecule is COC(=O)[C@H](COCC[C@@H](OCc1ccccc1)[C@H](C)O)NC(=O)OC(C)(C)C. The van der Waals surface area contributed by atoms with Crippen LogP contribution >= 0.6 is 0 Å². The van der Waals surface area contributed by atoms with E-state index in [0.29, 0.717) is 13.0 Å². The molecule has 8 nitrogen and oxygen atoms in total. The van der Waals surface area contributed by atoms with Gasteiger partial charge in [0.25, 0.3) is 0 Å². The molecule has 0 aliphatic heterocycles. The fourth-order valence-electron chi connectivity index (χ4n) is 2.40. The predicted octanol–water partition coefficient (Wildman–Crippen LogP) is 2.43. The van der Waals surface area contributed by atoms with Crippen molar-refractivity contribution in [3.05, 3.63) is 35.9 Å². The molecule has 0 saturated carbocycles. The van der Waals surface area contributed by atoms with Gasteiger partial charge in [0.2, 0.25) is 0 Å². The highest BCUT2D eigenvalue weighted by Crippen LogP contribution is 2.10. The maximum Gasteiger partial charge on any atom is 0.408 e. The molecule has 29 heavy (non-hydrogen) atoms. The molecular formula is C21H33NO7. The summed E-state index contributed by atoms with van der Waals surface area (Å²) in [7, 11) is 1.23. The second-order valence-corrected chi connectivity index (χ2v) is 7.66. The molecule has 3 atom stereocenters. The first kappa shape index (κ1) is 24.9. The van der Waals surface area contributed by atoms with E-state index in [4.69, 9.17) is 18.9 Å². The lowest BCUT2D eigenvalue weighted by Gasteiger charge is -2.23. The Balaban J connectivity index is 2.46. The zero-order chi connectivity index (χ0) is 21.9. The van der Waals surface area contributed by atoms with Crippen LogP contribution in [0.3, 0.4) is 0 Å². The van der Waals surface area contributed by atoms with Crippen molar-refractivity contribution >= 4 is 12.1 Å². The molecule has 0 unspecified atom stereocenters. The Morgan fingerprint density at radius 3 is 2.38 bits per heavy atom. The smallest absolute Gasteiger partial charge is 0.408 e. The largest absolute Gasteiger partial charge is 0.467 e. The van der Waals surface area contributed by atoms with Crippen LogP contribution in [0.4, 0.5) is 4.79 Å². The molecule has 0 spiro atoms. The van der Waals surface area contributed by atoms with E-state index in [9.17, 15) is 14.7 Å². The monoisotopic (exact) mass is 411 g/mol. The molecule has 0 aliphatic rings. The summed E-state index contributed by atoms with van der Waals surface area (Å²) < 4.78 is 21.1. The number of benzene rings is 1. The molecule has 1 rings (SSSR count). The molecule has 2 N–H and O–H groups in total. The molecule has 0 heterocycles. The summed E-state index contributed by atoms with van der Waals surface area (Å²) in [6.45, 7) is 7.34. The quantitative estimate of drug-likeness (QED) is 0.426. The second-order valence-electron chi connectivity index (χ2n) is 7.66. The molecule has 0 saturated heterocycles. The Morgan fingerprint density at radius 2 is 1.83 bits per heavy atom. The van der Waals surface area contributed by atoms with E-state index in [1.54, 1.807) is 27.7 Å².